The predicted octanol–water partition coefficient (Wildman–Crippen LogP) is -0.307. The van der Waals surface area contributed by atoms with Gasteiger partial charge >= 0.3 is 0 Å². The molecule has 0 bridgehead atoms. The number of rotatable bonds is 3. The second kappa shape index (κ2) is 4.97. The zero-order valence-corrected chi connectivity index (χ0v) is 3.50. The Labute approximate surface area is 40.3 Å². The summed E-state index contributed by atoms with van der Waals surface area (Å²) >= 11 is 0. The fraction of sp³-hybridized carbons (Fsp3) is 0. The maximum atomic E-state index is 9.38. The molecule has 0 heterocycles. The molecule has 0 spiro atoms. The first-order valence-corrected chi connectivity index (χ1v) is 1.56. The smallest absolute Gasteiger partial charge is 0.211 e. The molecule has 0 aromatic carbocycles. The molecule has 40 valence electrons. The van der Waals surface area contributed by atoms with Crippen molar-refractivity contribution in [2.75, 3.05) is 0 Å². The molecule has 0 saturated heterocycles. The van der Waals surface area contributed by atoms with Crippen molar-refractivity contribution in [1.82, 2.24) is 5.32 Å². The van der Waals surface area contributed by atoms with Crippen molar-refractivity contribution in [3.05, 3.63) is 12.5 Å². The van der Waals surface area contributed by atoms with E-state index in [-0.39, 0.29) is 0 Å². The Kier molecular flexibility index (Phi) is 4.24. The van der Waals surface area contributed by atoms with Gasteiger partial charge in [0.2, 0.25) is 6.41 Å². The Morgan fingerprint density at radius 3 is 2.86 bits per heavy atom. The van der Waals surface area contributed by atoms with Crippen LogP contribution in [0.3, 0.4) is 0 Å². The van der Waals surface area contributed by atoms with Crippen LogP contribution in [0.2, 0.25) is 0 Å². The van der Waals surface area contributed by atoms with Crippen LogP contribution in [0.5, 0.6) is 0 Å². The molecule has 0 atom stereocenters. The lowest BCUT2D eigenvalue weighted by molar-refractivity contribution is -0.186. The third-order valence-corrected chi connectivity index (χ3v) is 0.293. The SMILES string of the molecule is O=CN/C=C\OO. The van der Waals surface area contributed by atoms with Gasteiger partial charge in [-0.1, -0.05) is 0 Å². The quantitative estimate of drug-likeness (QED) is 0.223. The average Bonchev–Trinajstić information content (AvgIpc) is 1.69. The van der Waals surface area contributed by atoms with Crippen LogP contribution in [0.15, 0.2) is 12.5 Å². The van der Waals surface area contributed by atoms with Crippen LogP contribution in [-0.2, 0) is 9.68 Å². The van der Waals surface area contributed by atoms with Gasteiger partial charge in [-0.25, -0.2) is 5.26 Å². The van der Waals surface area contributed by atoms with Crippen LogP contribution in [0, 0.1) is 0 Å². The topological polar surface area (TPSA) is 58.6 Å². The van der Waals surface area contributed by atoms with E-state index in [1.54, 1.807) is 0 Å². The number of hydrogen-bond acceptors (Lipinski definition) is 3. The molecule has 2 N–H and O–H groups in total. The molecule has 0 rings (SSSR count). The van der Waals surface area contributed by atoms with Crippen molar-refractivity contribution in [1.29, 1.82) is 0 Å². The van der Waals surface area contributed by atoms with E-state index in [2.05, 4.69) is 10.2 Å². The van der Waals surface area contributed by atoms with E-state index in [9.17, 15) is 4.79 Å². The second-order valence-electron chi connectivity index (χ2n) is 0.693. The summed E-state index contributed by atoms with van der Waals surface area (Å²) in [6.07, 6.45) is 2.52. The van der Waals surface area contributed by atoms with Gasteiger partial charge in [-0.15, -0.1) is 0 Å². The van der Waals surface area contributed by atoms with Crippen LogP contribution in [0.25, 0.3) is 0 Å². The molecule has 0 unspecified atom stereocenters. The standard InChI is InChI=1S/C3H5NO3/c5-3-4-1-2-7-6/h1-3,6H,(H,4,5)/b2-1-. The highest BCUT2D eigenvalue weighted by molar-refractivity contribution is 5.47. The molecule has 0 aliphatic heterocycles. The Bertz CT molecular complexity index is 70.6. The normalized spacial score (nSPS) is 8.71. The summed E-state index contributed by atoms with van der Waals surface area (Å²) in [6.45, 7) is 0. The highest BCUT2D eigenvalue weighted by Gasteiger charge is 1.62. The molecule has 0 radical (unpaired) electrons. The largest absolute Gasteiger partial charge is 0.347 e. The molecule has 0 aromatic heterocycles. The molecule has 0 fully saturated rings. The van der Waals surface area contributed by atoms with Gasteiger partial charge in [0, 0.05) is 6.20 Å². The molecular weight excluding hydrogens is 98.0 g/mol. The number of amides is 1. The summed E-state index contributed by atoms with van der Waals surface area (Å²) in [6, 6.07) is 0. The minimum Gasteiger partial charge on any atom is -0.347 e. The lowest BCUT2D eigenvalue weighted by Gasteiger charge is -1.80. The predicted molar refractivity (Wildman–Crippen MR) is 22.1 cm³/mol. The van der Waals surface area contributed by atoms with E-state index in [1.807, 2.05) is 0 Å². The van der Waals surface area contributed by atoms with Gasteiger partial charge in [-0.3, -0.25) is 4.79 Å². The average molecular weight is 103 g/mol. The Morgan fingerprint density at radius 2 is 2.43 bits per heavy atom. The summed E-state index contributed by atoms with van der Waals surface area (Å²) < 4.78 is 0. The van der Waals surface area contributed by atoms with E-state index in [1.165, 1.54) is 0 Å². The molecule has 0 aliphatic carbocycles. The maximum Gasteiger partial charge on any atom is 0.211 e. The van der Waals surface area contributed by atoms with Crippen molar-refractivity contribution in [3.8, 4) is 0 Å². The van der Waals surface area contributed by atoms with Crippen molar-refractivity contribution < 1.29 is 14.9 Å². The van der Waals surface area contributed by atoms with Crippen molar-refractivity contribution in [2.24, 2.45) is 0 Å². The van der Waals surface area contributed by atoms with E-state index in [4.69, 9.17) is 5.26 Å². The third-order valence-electron chi connectivity index (χ3n) is 0.293. The molecule has 0 aliphatic rings. The van der Waals surface area contributed by atoms with Gasteiger partial charge in [0.1, 0.15) is 6.26 Å². The molecule has 4 nitrogen and oxygen atoms in total. The zero-order valence-electron chi connectivity index (χ0n) is 3.50. The van der Waals surface area contributed by atoms with Gasteiger partial charge in [0.05, 0.1) is 0 Å². The summed E-state index contributed by atoms with van der Waals surface area (Å²) in [5.41, 5.74) is 0. The maximum absolute atomic E-state index is 9.38. The third kappa shape index (κ3) is 4.97. The van der Waals surface area contributed by atoms with Crippen molar-refractivity contribution in [2.45, 2.75) is 0 Å². The molecule has 1 amide bonds. The van der Waals surface area contributed by atoms with E-state index >= 15 is 0 Å². The van der Waals surface area contributed by atoms with Crippen molar-refractivity contribution >= 4 is 6.41 Å². The number of carbonyl (C=O) groups is 1. The molecule has 7 heavy (non-hydrogen) atoms. The van der Waals surface area contributed by atoms with E-state index < -0.39 is 0 Å². The number of hydrogen-bond donors (Lipinski definition) is 2. The Morgan fingerprint density at radius 1 is 1.71 bits per heavy atom. The minimum absolute atomic E-state index is 0.454. The first kappa shape index (κ1) is 5.97. The highest BCUT2D eigenvalue weighted by Crippen LogP contribution is 1.61. The van der Waals surface area contributed by atoms with Gasteiger partial charge in [0.15, 0.2) is 0 Å². The molecule has 0 saturated carbocycles. The first-order chi connectivity index (χ1) is 3.41. The monoisotopic (exact) mass is 103 g/mol. The van der Waals surface area contributed by atoms with E-state index in [0.29, 0.717) is 6.41 Å². The van der Waals surface area contributed by atoms with Crippen LogP contribution >= 0.6 is 0 Å². The molecular formula is C3H5NO3. The molecule has 0 aromatic rings. The van der Waals surface area contributed by atoms with Crippen LogP contribution in [-0.4, -0.2) is 11.7 Å². The van der Waals surface area contributed by atoms with Crippen LogP contribution < -0.4 is 5.32 Å². The zero-order chi connectivity index (χ0) is 5.54. The lowest BCUT2D eigenvalue weighted by atomic mass is 10.9. The second-order valence-corrected chi connectivity index (χ2v) is 0.693. The number of carbonyl (C=O) groups excluding carboxylic acids is 1. The van der Waals surface area contributed by atoms with Crippen molar-refractivity contribution in [3.63, 3.8) is 0 Å². The van der Waals surface area contributed by atoms with Gasteiger partial charge in [-0.2, -0.15) is 0 Å². The summed E-state index contributed by atoms with van der Waals surface area (Å²) in [7, 11) is 0. The van der Waals surface area contributed by atoms with Crippen LogP contribution in [0.4, 0.5) is 0 Å². The highest BCUT2D eigenvalue weighted by atomic mass is 17.1. The van der Waals surface area contributed by atoms with Gasteiger partial charge < -0.3 is 10.2 Å². The summed E-state index contributed by atoms with van der Waals surface area (Å²) in [4.78, 5) is 12.8. The summed E-state index contributed by atoms with van der Waals surface area (Å²) in [5, 5.41) is 9.65. The fourth-order valence-corrected chi connectivity index (χ4v) is 0.109. The molecule has 4 heteroatoms. The Hall–Kier alpha value is -1.03. The van der Waals surface area contributed by atoms with Crippen LogP contribution in [0.1, 0.15) is 0 Å². The first-order valence-electron chi connectivity index (χ1n) is 1.56. The lowest BCUT2D eigenvalue weighted by Crippen LogP contribution is -1.98. The Balaban J connectivity index is 2.92. The minimum atomic E-state index is 0.454. The van der Waals surface area contributed by atoms with Gasteiger partial charge in [-0.05, 0) is 0 Å². The number of nitrogens with one attached hydrogen (secondary N) is 1. The van der Waals surface area contributed by atoms with Gasteiger partial charge in [0.25, 0.3) is 0 Å². The van der Waals surface area contributed by atoms with E-state index in [0.717, 1.165) is 12.5 Å². The summed E-state index contributed by atoms with van der Waals surface area (Å²) in [5.74, 6) is 0. The fourth-order valence-electron chi connectivity index (χ4n) is 0.109.